The Balaban J connectivity index is 2.52. The summed E-state index contributed by atoms with van der Waals surface area (Å²) in [4.78, 5) is 0. The van der Waals surface area contributed by atoms with Crippen LogP contribution in [0.25, 0.3) is 0 Å². The van der Waals surface area contributed by atoms with Crippen LogP contribution in [0.2, 0.25) is 0 Å². The third-order valence-corrected chi connectivity index (χ3v) is 3.40. The first-order chi connectivity index (χ1) is 9.01. The maximum atomic E-state index is 13.4. The molecule has 0 aliphatic rings. The number of hydrazine groups is 1. The van der Waals surface area contributed by atoms with E-state index in [1.54, 1.807) is 12.1 Å². The van der Waals surface area contributed by atoms with E-state index in [4.69, 9.17) is 5.84 Å². The van der Waals surface area contributed by atoms with Crippen molar-refractivity contribution in [3.05, 3.63) is 69.2 Å². The fraction of sp³-hybridized carbons (Fsp3) is 0.143. The van der Waals surface area contributed by atoms with Crippen LogP contribution < -0.4 is 11.3 Å². The first-order valence-corrected chi connectivity index (χ1v) is 6.48. The number of aryl methyl sites for hydroxylation is 1. The van der Waals surface area contributed by atoms with Crippen LogP contribution in [0.1, 0.15) is 22.7 Å². The number of halogens is 3. The molecule has 0 aliphatic heterocycles. The average molecular weight is 327 g/mol. The van der Waals surface area contributed by atoms with Gasteiger partial charge in [-0.1, -0.05) is 22.0 Å². The van der Waals surface area contributed by atoms with Crippen molar-refractivity contribution in [2.45, 2.75) is 13.0 Å². The highest BCUT2D eigenvalue weighted by atomic mass is 79.9. The van der Waals surface area contributed by atoms with Crippen LogP contribution in [0.4, 0.5) is 8.78 Å². The minimum atomic E-state index is -0.470. The summed E-state index contributed by atoms with van der Waals surface area (Å²) >= 11 is 3.23. The molecule has 0 aliphatic carbocycles. The Labute approximate surface area is 118 Å². The molecule has 0 spiro atoms. The summed E-state index contributed by atoms with van der Waals surface area (Å²) in [5, 5.41) is 0. The lowest BCUT2D eigenvalue weighted by Crippen LogP contribution is -2.29. The molecule has 0 heterocycles. The molecule has 0 bridgehead atoms. The monoisotopic (exact) mass is 326 g/mol. The van der Waals surface area contributed by atoms with Crippen molar-refractivity contribution in [3.63, 3.8) is 0 Å². The summed E-state index contributed by atoms with van der Waals surface area (Å²) < 4.78 is 27.4. The van der Waals surface area contributed by atoms with Crippen LogP contribution in [0, 0.1) is 18.6 Å². The molecular weight excluding hydrogens is 314 g/mol. The van der Waals surface area contributed by atoms with Gasteiger partial charge in [0.25, 0.3) is 0 Å². The molecule has 0 radical (unpaired) electrons. The van der Waals surface area contributed by atoms with Crippen molar-refractivity contribution in [3.8, 4) is 0 Å². The summed E-state index contributed by atoms with van der Waals surface area (Å²) in [5.41, 5.74) is 4.79. The van der Waals surface area contributed by atoms with Crippen molar-refractivity contribution in [1.29, 1.82) is 0 Å². The predicted octanol–water partition coefficient (Wildman–Crippen LogP) is 3.59. The Morgan fingerprint density at radius 3 is 2.47 bits per heavy atom. The first kappa shape index (κ1) is 14.1. The Kier molecular flexibility index (Phi) is 4.29. The van der Waals surface area contributed by atoms with Gasteiger partial charge < -0.3 is 0 Å². The van der Waals surface area contributed by atoms with Gasteiger partial charge in [-0.2, -0.15) is 0 Å². The van der Waals surface area contributed by atoms with Crippen LogP contribution in [0.15, 0.2) is 40.9 Å². The second-order valence-electron chi connectivity index (χ2n) is 4.30. The van der Waals surface area contributed by atoms with Gasteiger partial charge in [-0.05, 0) is 53.9 Å². The molecule has 2 aromatic rings. The Hall–Kier alpha value is -1.30. The number of nitrogens with one attached hydrogen (secondary N) is 1. The minimum Gasteiger partial charge on any atom is -0.271 e. The Morgan fingerprint density at radius 1 is 1.11 bits per heavy atom. The molecule has 1 unspecified atom stereocenters. The van der Waals surface area contributed by atoms with Gasteiger partial charge in [0.15, 0.2) is 0 Å². The molecule has 5 heteroatoms. The van der Waals surface area contributed by atoms with Gasteiger partial charge in [0.2, 0.25) is 0 Å². The summed E-state index contributed by atoms with van der Waals surface area (Å²) in [7, 11) is 0. The van der Waals surface area contributed by atoms with Crippen molar-refractivity contribution >= 4 is 15.9 Å². The summed E-state index contributed by atoms with van der Waals surface area (Å²) in [6, 6.07) is 8.46. The van der Waals surface area contributed by atoms with Gasteiger partial charge in [0.1, 0.15) is 11.6 Å². The van der Waals surface area contributed by atoms with Crippen LogP contribution in [0.5, 0.6) is 0 Å². The zero-order valence-corrected chi connectivity index (χ0v) is 11.8. The van der Waals surface area contributed by atoms with E-state index in [0.29, 0.717) is 15.6 Å². The van der Waals surface area contributed by atoms with Gasteiger partial charge in [-0.3, -0.25) is 5.84 Å². The number of benzene rings is 2. The van der Waals surface area contributed by atoms with Gasteiger partial charge in [-0.25, -0.2) is 14.2 Å². The highest BCUT2D eigenvalue weighted by Crippen LogP contribution is 2.27. The van der Waals surface area contributed by atoms with Gasteiger partial charge in [0, 0.05) is 4.47 Å². The molecule has 3 N–H and O–H groups in total. The molecule has 1 atom stereocenters. The fourth-order valence-corrected chi connectivity index (χ4v) is 2.51. The molecular formula is C14H13BrF2N2. The molecule has 0 saturated carbocycles. The highest BCUT2D eigenvalue weighted by Gasteiger charge is 2.16. The maximum absolute atomic E-state index is 13.4. The number of hydrogen-bond acceptors (Lipinski definition) is 2. The summed E-state index contributed by atoms with van der Waals surface area (Å²) in [6.45, 7) is 1.85. The van der Waals surface area contributed by atoms with Crippen LogP contribution in [0.3, 0.4) is 0 Å². The lowest BCUT2D eigenvalue weighted by Gasteiger charge is -2.19. The van der Waals surface area contributed by atoms with E-state index in [9.17, 15) is 8.78 Å². The van der Waals surface area contributed by atoms with E-state index in [0.717, 1.165) is 5.56 Å². The van der Waals surface area contributed by atoms with Gasteiger partial charge in [0.05, 0.1) is 6.04 Å². The quantitative estimate of drug-likeness (QED) is 0.668. The van der Waals surface area contributed by atoms with Crippen LogP contribution in [-0.4, -0.2) is 0 Å². The zero-order valence-electron chi connectivity index (χ0n) is 10.3. The third kappa shape index (κ3) is 3.18. The summed E-state index contributed by atoms with van der Waals surface area (Å²) in [5.74, 6) is 4.82. The molecule has 0 aromatic heterocycles. The smallest absolute Gasteiger partial charge is 0.124 e. The molecule has 0 amide bonds. The molecule has 2 nitrogen and oxygen atoms in total. The standard InChI is InChI=1S/C14H13BrF2N2/c1-8-2-3-11(16)7-13(8)14(19-18)9-4-10(15)6-12(17)5-9/h2-7,14,19H,18H2,1H3. The van der Waals surface area contributed by atoms with E-state index in [-0.39, 0.29) is 11.6 Å². The predicted molar refractivity (Wildman–Crippen MR) is 74.4 cm³/mol. The fourth-order valence-electron chi connectivity index (χ4n) is 2.03. The van der Waals surface area contributed by atoms with Gasteiger partial charge in [-0.15, -0.1) is 0 Å². The number of hydrogen-bond donors (Lipinski definition) is 2. The van der Waals surface area contributed by atoms with E-state index >= 15 is 0 Å². The van der Waals surface area contributed by atoms with Crippen LogP contribution in [-0.2, 0) is 0 Å². The second kappa shape index (κ2) is 5.77. The van der Waals surface area contributed by atoms with Gasteiger partial charge >= 0.3 is 0 Å². The lowest BCUT2D eigenvalue weighted by molar-refractivity contribution is 0.592. The first-order valence-electron chi connectivity index (χ1n) is 5.69. The average Bonchev–Trinajstić information content (AvgIpc) is 2.33. The topological polar surface area (TPSA) is 38.0 Å². The number of nitrogens with two attached hydrogens (primary N) is 1. The van der Waals surface area contributed by atoms with Crippen molar-refractivity contribution in [2.24, 2.45) is 5.84 Å². The summed E-state index contributed by atoms with van der Waals surface area (Å²) in [6.07, 6.45) is 0. The number of rotatable bonds is 3. The van der Waals surface area contributed by atoms with E-state index in [1.165, 1.54) is 24.3 Å². The second-order valence-corrected chi connectivity index (χ2v) is 5.22. The molecule has 0 saturated heterocycles. The Bertz CT molecular complexity index is 582. The molecule has 19 heavy (non-hydrogen) atoms. The molecule has 0 fully saturated rings. The largest absolute Gasteiger partial charge is 0.271 e. The third-order valence-electron chi connectivity index (χ3n) is 2.94. The van der Waals surface area contributed by atoms with Crippen molar-refractivity contribution < 1.29 is 8.78 Å². The van der Waals surface area contributed by atoms with E-state index < -0.39 is 6.04 Å². The highest BCUT2D eigenvalue weighted by molar-refractivity contribution is 9.10. The Morgan fingerprint density at radius 2 is 1.84 bits per heavy atom. The molecule has 2 rings (SSSR count). The van der Waals surface area contributed by atoms with Crippen molar-refractivity contribution in [2.75, 3.05) is 0 Å². The van der Waals surface area contributed by atoms with Crippen LogP contribution >= 0.6 is 15.9 Å². The SMILES string of the molecule is Cc1ccc(F)cc1C(NN)c1cc(F)cc(Br)c1. The minimum absolute atomic E-state index is 0.351. The van der Waals surface area contributed by atoms with E-state index in [2.05, 4.69) is 21.4 Å². The normalized spacial score (nSPS) is 12.5. The maximum Gasteiger partial charge on any atom is 0.124 e. The zero-order chi connectivity index (χ0) is 14.0. The molecule has 2 aromatic carbocycles. The van der Waals surface area contributed by atoms with Crippen molar-refractivity contribution in [1.82, 2.24) is 5.43 Å². The lowest BCUT2D eigenvalue weighted by atomic mass is 9.95. The van der Waals surface area contributed by atoms with E-state index in [1.807, 2.05) is 6.92 Å². The molecule has 100 valence electrons.